The number of nitrogens with two attached hydrogens (primary N) is 1. The molecule has 1 amide bonds. The van der Waals surface area contributed by atoms with E-state index in [1.807, 2.05) is 6.07 Å². The number of nitrogens with zero attached hydrogens (tertiary/aromatic N) is 2. The molecule has 128 valence electrons. The van der Waals surface area contributed by atoms with Crippen molar-refractivity contribution in [3.63, 3.8) is 0 Å². The zero-order chi connectivity index (χ0) is 18.0. The molecule has 0 aromatic heterocycles. The Balaban J connectivity index is 2.07. The molecule has 1 atom stereocenters. The number of ether oxygens (including phenoxy) is 1. The van der Waals surface area contributed by atoms with Gasteiger partial charge < -0.3 is 10.5 Å². The van der Waals surface area contributed by atoms with Gasteiger partial charge in [-0.25, -0.2) is 4.79 Å². The zero-order valence-corrected chi connectivity index (χ0v) is 14.2. The second-order valence-corrected chi connectivity index (χ2v) is 5.83. The van der Waals surface area contributed by atoms with Crippen LogP contribution in [0.5, 0.6) is 0 Å². The average Bonchev–Trinajstić information content (AvgIpc) is 2.93. The van der Waals surface area contributed by atoms with Crippen LogP contribution >= 0.6 is 11.6 Å². The summed E-state index contributed by atoms with van der Waals surface area (Å²) in [5.74, 6) is -1.95. The first-order valence-corrected chi connectivity index (χ1v) is 8.10. The first-order chi connectivity index (χ1) is 12.0. The minimum atomic E-state index is -0.934. The fraction of sp³-hybridized carbons (Fsp3) is 0.167. The van der Waals surface area contributed by atoms with Crippen LogP contribution in [0.25, 0.3) is 0 Å². The van der Waals surface area contributed by atoms with Crippen LogP contribution in [0.4, 0.5) is 11.4 Å². The molecule has 0 radical (unpaired) electrons. The highest BCUT2D eigenvalue weighted by molar-refractivity contribution is 6.46. The van der Waals surface area contributed by atoms with Gasteiger partial charge in [-0.15, -0.1) is 0 Å². The van der Waals surface area contributed by atoms with Crippen LogP contribution in [0.15, 0.2) is 53.6 Å². The Labute approximate surface area is 149 Å². The predicted molar refractivity (Wildman–Crippen MR) is 96.6 cm³/mol. The Kier molecular flexibility index (Phi) is 4.72. The maximum atomic E-state index is 13.0. The molecule has 25 heavy (non-hydrogen) atoms. The molecule has 2 N–H and O–H groups in total. The summed E-state index contributed by atoms with van der Waals surface area (Å²) in [4.78, 5) is 25.3. The van der Waals surface area contributed by atoms with Gasteiger partial charge in [0.25, 0.3) is 5.91 Å². The molecule has 6 nitrogen and oxygen atoms in total. The first-order valence-electron chi connectivity index (χ1n) is 7.72. The van der Waals surface area contributed by atoms with Gasteiger partial charge in [0.05, 0.1) is 12.3 Å². The van der Waals surface area contributed by atoms with Crippen molar-refractivity contribution in [3.8, 4) is 0 Å². The highest BCUT2D eigenvalue weighted by Crippen LogP contribution is 2.34. The maximum absolute atomic E-state index is 13.0. The van der Waals surface area contributed by atoms with Crippen molar-refractivity contribution in [1.82, 2.24) is 0 Å². The van der Waals surface area contributed by atoms with E-state index in [0.29, 0.717) is 22.0 Å². The summed E-state index contributed by atoms with van der Waals surface area (Å²) >= 11 is 5.94. The molecular weight excluding hydrogens is 342 g/mol. The normalized spacial score (nSPS) is 16.7. The minimum absolute atomic E-state index is 0.00438. The van der Waals surface area contributed by atoms with Crippen LogP contribution in [-0.2, 0) is 14.3 Å². The van der Waals surface area contributed by atoms with E-state index in [-0.39, 0.29) is 18.2 Å². The number of para-hydroxylation sites is 1. The van der Waals surface area contributed by atoms with Gasteiger partial charge in [0.15, 0.2) is 5.71 Å². The molecule has 0 saturated heterocycles. The Morgan fingerprint density at radius 1 is 1.28 bits per heavy atom. The van der Waals surface area contributed by atoms with E-state index in [2.05, 4.69) is 5.10 Å². The molecule has 2 aromatic carbocycles. The van der Waals surface area contributed by atoms with Gasteiger partial charge in [-0.2, -0.15) is 10.1 Å². The molecule has 0 fully saturated rings. The maximum Gasteiger partial charge on any atom is 0.355 e. The van der Waals surface area contributed by atoms with Crippen molar-refractivity contribution in [2.45, 2.75) is 12.8 Å². The van der Waals surface area contributed by atoms with Gasteiger partial charge >= 0.3 is 5.97 Å². The molecular formula is C18H16ClN3O3. The molecule has 1 aliphatic heterocycles. The topological polar surface area (TPSA) is 85.0 Å². The van der Waals surface area contributed by atoms with Crippen molar-refractivity contribution in [1.29, 1.82) is 0 Å². The van der Waals surface area contributed by atoms with Crippen LogP contribution in [0.3, 0.4) is 0 Å². The number of carbonyl (C=O) groups excluding carboxylic acids is 2. The van der Waals surface area contributed by atoms with Gasteiger partial charge in [0.1, 0.15) is 5.92 Å². The lowest BCUT2D eigenvalue weighted by molar-refractivity contribution is -0.135. The molecule has 0 aliphatic carbocycles. The van der Waals surface area contributed by atoms with E-state index in [4.69, 9.17) is 22.1 Å². The lowest BCUT2D eigenvalue weighted by Crippen LogP contribution is -2.29. The molecule has 1 aliphatic rings. The summed E-state index contributed by atoms with van der Waals surface area (Å²) in [5, 5.41) is 5.86. The molecule has 7 heteroatoms. The number of amides is 1. The third kappa shape index (κ3) is 3.21. The molecule has 0 spiro atoms. The van der Waals surface area contributed by atoms with E-state index in [1.54, 1.807) is 43.3 Å². The van der Waals surface area contributed by atoms with Gasteiger partial charge in [0.2, 0.25) is 0 Å². The number of hydrazone groups is 1. The van der Waals surface area contributed by atoms with E-state index >= 15 is 0 Å². The summed E-state index contributed by atoms with van der Waals surface area (Å²) in [7, 11) is 0. The SMILES string of the molecule is CCOC(=O)C1=NN(c2ccccc2)C(=O)C1c1ccc(Cl)cc1N. The number of nitrogen functional groups attached to an aromatic ring is 1. The number of anilines is 2. The van der Waals surface area contributed by atoms with Gasteiger partial charge in [-0.05, 0) is 36.8 Å². The van der Waals surface area contributed by atoms with E-state index in [1.165, 1.54) is 11.1 Å². The third-order valence-corrected chi connectivity index (χ3v) is 4.02. The van der Waals surface area contributed by atoms with Crippen LogP contribution in [-0.4, -0.2) is 24.2 Å². The Morgan fingerprint density at radius 2 is 2.00 bits per heavy atom. The van der Waals surface area contributed by atoms with E-state index in [9.17, 15) is 9.59 Å². The number of carbonyl (C=O) groups is 2. The number of benzene rings is 2. The molecule has 0 bridgehead atoms. The average molecular weight is 358 g/mol. The van der Waals surface area contributed by atoms with Crippen molar-refractivity contribution in [2.24, 2.45) is 5.10 Å². The van der Waals surface area contributed by atoms with Gasteiger partial charge in [0, 0.05) is 10.7 Å². The predicted octanol–water partition coefficient (Wildman–Crippen LogP) is 2.97. The van der Waals surface area contributed by atoms with Gasteiger partial charge in [-0.1, -0.05) is 35.9 Å². The van der Waals surface area contributed by atoms with Crippen molar-refractivity contribution < 1.29 is 14.3 Å². The summed E-state index contributed by atoms with van der Waals surface area (Å²) in [6, 6.07) is 13.7. The second kappa shape index (κ2) is 6.94. The number of rotatable bonds is 4. The fourth-order valence-corrected chi connectivity index (χ4v) is 2.84. The van der Waals surface area contributed by atoms with Crippen LogP contribution in [0, 0.1) is 0 Å². The lowest BCUT2D eigenvalue weighted by atomic mass is 9.92. The van der Waals surface area contributed by atoms with Crippen LogP contribution in [0.2, 0.25) is 5.02 Å². The summed E-state index contributed by atoms with van der Waals surface area (Å²) < 4.78 is 5.06. The summed E-state index contributed by atoms with van der Waals surface area (Å²) in [5.41, 5.74) is 7.37. The molecule has 2 aromatic rings. The van der Waals surface area contributed by atoms with Crippen molar-refractivity contribution >= 4 is 40.6 Å². The van der Waals surface area contributed by atoms with Gasteiger partial charge in [-0.3, -0.25) is 4.79 Å². The summed E-state index contributed by atoms with van der Waals surface area (Å²) in [6.45, 7) is 1.87. The number of hydrogen-bond donors (Lipinski definition) is 1. The molecule has 1 heterocycles. The minimum Gasteiger partial charge on any atom is -0.461 e. The Hall–Kier alpha value is -2.86. The quantitative estimate of drug-likeness (QED) is 0.673. The third-order valence-electron chi connectivity index (χ3n) is 3.78. The zero-order valence-electron chi connectivity index (χ0n) is 13.5. The monoisotopic (exact) mass is 357 g/mol. The number of halogens is 1. The molecule has 3 rings (SSSR count). The van der Waals surface area contributed by atoms with Crippen LogP contribution < -0.4 is 10.7 Å². The first kappa shape index (κ1) is 17.0. The van der Waals surface area contributed by atoms with E-state index < -0.39 is 11.9 Å². The fourth-order valence-electron chi connectivity index (χ4n) is 2.66. The lowest BCUT2D eigenvalue weighted by Gasteiger charge is -2.16. The smallest absolute Gasteiger partial charge is 0.355 e. The number of hydrogen-bond acceptors (Lipinski definition) is 5. The highest BCUT2D eigenvalue weighted by atomic mass is 35.5. The summed E-state index contributed by atoms with van der Waals surface area (Å²) in [6.07, 6.45) is 0. The standard InChI is InChI=1S/C18H16ClN3O3/c1-2-25-18(24)16-15(13-9-8-11(19)10-14(13)20)17(23)22(21-16)12-6-4-3-5-7-12/h3-10,15H,2,20H2,1H3. The van der Waals surface area contributed by atoms with Crippen LogP contribution in [0.1, 0.15) is 18.4 Å². The largest absolute Gasteiger partial charge is 0.461 e. The Bertz CT molecular complexity index is 852. The van der Waals surface area contributed by atoms with E-state index in [0.717, 1.165) is 0 Å². The Morgan fingerprint density at radius 3 is 2.64 bits per heavy atom. The van der Waals surface area contributed by atoms with Crippen molar-refractivity contribution in [3.05, 3.63) is 59.1 Å². The van der Waals surface area contributed by atoms with Crippen molar-refractivity contribution in [2.75, 3.05) is 17.3 Å². The molecule has 1 unspecified atom stereocenters. The molecule has 0 saturated carbocycles. The highest BCUT2D eigenvalue weighted by Gasteiger charge is 2.42. The number of esters is 1. The second-order valence-electron chi connectivity index (χ2n) is 5.40.